The Kier molecular flexibility index (Phi) is 3.34. The van der Waals surface area contributed by atoms with Crippen LogP contribution in [0.1, 0.15) is 23.7 Å². The third kappa shape index (κ3) is 2.30. The third-order valence-corrected chi connectivity index (χ3v) is 3.25. The number of halogens is 1. The monoisotopic (exact) mass is 221 g/mol. The molecular formula is C13H16FNO. The van der Waals surface area contributed by atoms with Gasteiger partial charge < -0.3 is 5.32 Å². The van der Waals surface area contributed by atoms with Crippen LogP contribution in [0.2, 0.25) is 0 Å². The number of benzene rings is 1. The maximum atomic E-state index is 12.7. The van der Waals surface area contributed by atoms with Gasteiger partial charge >= 0.3 is 0 Å². The van der Waals surface area contributed by atoms with Crippen molar-refractivity contribution in [3.8, 4) is 0 Å². The van der Waals surface area contributed by atoms with Crippen LogP contribution in [0, 0.1) is 17.7 Å². The average Bonchev–Trinajstić information content (AvgIpc) is 2.30. The molecule has 3 heteroatoms. The van der Waals surface area contributed by atoms with E-state index in [0.29, 0.717) is 11.5 Å². The van der Waals surface area contributed by atoms with Crippen LogP contribution >= 0.6 is 0 Å². The Morgan fingerprint density at radius 2 is 2.06 bits per heavy atom. The molecular weight excluding hydrogens is 205 g/mol. The molecule has 1 saturated heterocycles. The van der Waals surface area contributed by atoms with E-state index in [4.69, 9.17) is 0 Å². The lowest BCUT2D eigenvalue weighted by atomic mass is 9.82. The van der Waals surface area contributed by atoms with Crippen molar-refractivity contribution in [2.75, 3.05) is 13.1 Å². The first-order valence-corrected chi connectivity index (χ1v) is 5.69. The Bertz CT molecular complexity index is 374. The van der Waals surface area contributed by atoms with E-state index in [0.717, 1.165) is 19.5 Å². The molecule has 1 heterocycles. The molecule has 86 valence electrons. The minimum Gasteiger partial charge on any atom is -0.316 e. The molecule has 0 aromatic heterocycles. The van der Waals surface area contributed by atoms with Gasteiger partial charge in [0.15, 0.2) is 5.78 Å². The van der Waals surface area contributed by atoms with Gasteiger partial charge in [0.25, 0.3) is 0 Å². The Hall–Kier alpha value is -1.22. The lowest BCUT2D eigenvalue weighted by Crippen LogP contribution is -2.38. The number of rotatable bonds is 2. The van der Waals surface area contributed by atoms with E-state index in [1.807, 2.05) is 0 Å². The van der Waals surface area contributed by atoms with Crippen molar-refractivity contribution in [3.63, 3.8) is 0 Å². The molecule has 0 radical (unpaired) electrons. The zero-order valence-corrected chi connectivity index (χ0v) is 9.37. The molecule has 16 heavy (non-hydrogen) atoms. The summed E-state index contributed by atoms with van der Waals surface area (Å²) in [6.45, 7) is 3.86. The van der Waals surface area contributed by atoms with Gasteiger partial charge in [-0.05, 0) is 49.7 Å². The second-order valence-corrected chi connectivity index (χ2v) is 4.45. The molecule has 0 bridgehead atoms. The van der Waals surface area contributed by atoms with Gasteiger partial charge in [0.05, 0.1) is 0 Å². The SMILES string of the molecule is CC1CNCCC1C(=O)c1ccc(F)cc1. The lowest BCUT2D eigenvalue weighted by molar-refractivity contribution is 0.0848. The second-order valence-electron chi connectivity index (χ2n) is 4.45. The molecule has 1 aromatic carbocycles. The van der Waals surface area contributed by atoms with Crippen molar-refractivity contribution < 1.29 is 9.18 Å². The van der Waals surface area contributed by atoms with Crippen LogP contribution in [0.4, 0.5) is 4.39 Å². The van der Waals surface area contributed by atoms with Gasteiger partial charge in [0.1, 0.15) is 5.82 Å². The van der Waals surface area contributed by atoms with E-state index in [1.165, 1.54) is 12.1 Å². The maximum absolute atomic E-state index is 12.7. The van der Waals surface area contributed by atoms with Crippen molar-refractivity contribution in [3.05, 3.63) is 35.6 Å². The van der Waals surface area contributed by atoms with Gasteiger partial charge in [-0.15, -0.1) is 0 Å². The summed E-state index contributed by atoms with van der Waals surface area (Å²) in [5.41, 5.74) is 0.625. The molecule has 0 saturated carbocycles. The fraction of sp³-hybridized carbons (Fsp3) is 0.462. The summed E-state index contributed by atoms with van der Waals surface area (Å²) in [6.07, 6.45) is 0.872. The Labute approximate surface area is 94.9 Å². The van der Waals surface area contributed by atoms with Gasteiger partial charge in [-0.25, -0.2) is 4.39 Å². The van der Waals surface area contributed by atoms with E-state index in [2.05, 4.69) is 12.2 Å². The normalized spacial score (nSPS) is 25.4. The summed E-state index contributed by atoms with van der Waals surface area (Å²) < 4.78 is 12.7. The number of carbonyl (C=O) groups excluding carboxylic acids is 1. The van der Waals surface area contributed by atoms with Crippen molar-refractivity contribution >= 4 is 5.78 Å². The van der Waals surface area contributed by atoms with Gasteiger partial charge in [-0.3, -0.25) is 4.79 Å². The number of hydrogen-bond acceptors (Lipinski definition) is 2. The Morgan fingerprint density at radius 3 is 2.69 bits per heavy atom. The van der Waals surface area contributed by atoms with Crippen molar-refractivity contribution in [2.45, 2.75) is 13.3 Å². The highest BCUT2D eigenvalue weighted by Gasteiger charge is 2.28. The summed E-state index contributed by atoms with van der Waals surface area (Å²) in [5.74, 6) is 0.280. The summed E-state index contributed by atoms with van der Waals surface area (Å²) >= 11 is 0. The van der Waals surface area contributed by atoms with Gasteiger partial charge in [-0.1, -0.05) is 6.92 Å². The largest absolute Gasteiger partial charge is 0.316 e. The zero-order valence-electron chi connectivity index (χ0n) is 9.37. The number of Topliss-reactive ketones (excluding diaryl/α,β-unsaturated/α-hetero) is 1. The average molecular weight is 221 g/mol. The van der Waals surface area contributed by atoms with Crippen LogP contribution < -0.4 is 5.32 Å². The molecule has 2 rings (SSSR count). The van der Waals surface area contributed by atoms with Crippen molar-refractivity contribution in [2.24, 2.45) is 11.8 Å². The topological polar surface area (TPSA) is 29.1 Å². The number of ketones is 1. The lowest BCUT2D eigenvalue weighted by Gasteiger charge is -2.28. The first kappa shape index (κ1) is 11.3. The molecule has 1 N–H and O–H groups in total. The van der Waals surface area contributed by atoms with Crippen LogP contribution in [-0.4, -0.2) is 18.9 Å². The summed E-state index contributed by atoms with van der Waals surface area (Å²) in [6, 6.07) is 5.84. The number of hydrogen-bond donors (Lipinski definition) is 1. The molecule has 2 unspecified atom stereocenters. The molecule has 1 aliphatic rings. The Morgan fingerprint density at radius 1 is 1.38 bits per heavy atom. The predicted molar refractivity (Wildman–Crippen MR) is 60.9 cm³/mol. The summed E-state index contributed by atoms with van der Waals surface area (Å²) in [5, 5.41) is 3.27. The molecule has 2 nitrogen and oxygen atoms in total. The summed E-state index contributed by atoms with van der Waals surface area (Å²) in [7, 11) is 0. The standard InChI is InChI=1S/C13H16FNO/c1-9-8-15-7-6-12(9)13(16)10-2-4-11(14)5-3-10/h2-5,9,12,15H,6-8H2,1H3. The predicted octanol–water partition coefficient (Wildman–Crippen LogP) is 2.25. The van der Waals surface area contributed by atoms with Crippen LogP contribution in [0.5, 0.6) is 0 Å². The van der Waals surface area contributed by atoms with E-state index in [9.17, 15) is 9.18 Å². The van der Waals surface area contributed by atoms with Gasteiger partial charge in [-0.2, -0.15) is 0 Å². The van der Waals surface area contributed by atoms with E-state index in [1.54, 1.807) is 12.1 Å². The third-order valence-electron chi connectivity index (χ3n) is 3.25. The van der Waals surface area contributed by atoms with E-state index >= 15 is 0 Å². The first-order chi connectivity index (χ1) is 7.68. The number of nitrogens with one attached hydrogen (secondary N) is 1. The van der Waals surface area contributed by atoms with E-state index < -0.39 is 0 Å². The highest BCUT2D eigenvalue weighted by molar-refractivity contribution is 5.98. The number of carbonyl (C=O) groups is 1. The number of piperidine rings is 1. The first-order valence-electron chi connectivity index (χ1n) is 5.69. The maximum Gasteiger partial charge on any atom is 0.166 e. The van der Waals surface area contributed by atoms with E-state index in [-0.39, 0.29) is 17.5 Å². The van der Waals surface area contributed by atoms with Crippen LogP contribution in [0.3, 0.4) is 0 Å². The molecule has 2 atom stereocenters. The van der Waals surface area contributed by atoms with Gasteiger partial charge in [0.2, 0.25) is 0 Å². The quantitative estimate of drug-likeness (QED) is 0.776. The fourth-order valence-corrected chi connectivity index (χ4v) is 2.23. The molecule has 0 aliphatic carbocycles. The van der Waals surface area contributed by atoms with Crippen LogP contribution in [-0.2, 0) is 0 Å². The smallest absolute Gasteiger partial charge is 0.166 e. The molecule has 1 aromatic rings. The molecule has 1 aliphatic heterocycles. The minimum atomic E-state index is -0.296. The Balaban J connectivity index is 2.14. The van der Waals surface area contributed by atoms with Crippen molar-refractivity contribution in [1.82, 2.24) is 5.32 Å². The molecule has 0 spiro atoms. The van der Waals surface area contributed by atoms with Crippen LogP contribution in [0.25, 0.3) is 0 Å². The highest BCUT2D eigenvalue weighted by Crippen LogP contribution is 2.23. The minimum absolute atomic E-state index is 0.0757. The second kappa shape index (κ2) is 4.74. The van der Waals surface area contributed by atoms with Gasteiger partial charge in [0, 0.05) is 11.5 Å². The van der Waals surface area contributed by atoms with Crippen molar-refractivity contribution in [1.29, 1.82) is 0 Å². The molecule has 1 fully saturated rings. The summed E-state index contributed by atoms with van der Waals surface area (Å²) in [4.78, 5) is 12.2. The fourth-order valence-electron chi connectivity index (χ4n) is 2.23. The molecule has 0 amide bonds. The zero-order chi connectivity index (χ0) is 11.5. The van der Waals surface area contributed by atoms with Crippen LogP contribution in [0.15, 0.2) is 24.3 Å². The highest BCUT2D eigenvalue weighted by atomic mass is 19.1.